The molecule has 0 radical (unpaired) electrons. The van der Waals surface area contributed by atoms with Crippen molar-refractivity contribution in [3.63, 3.8) is 0 Å². The fourth-order valence-corrected chi connectivity index (χ4v) is 2.81. The lowest BCUT2D eigenvalue weighted by molar-refractivity contribution is -0.144. The first-order chi connectivity index (χ1) is 14.9. The molecule has 0 aliphatic heterocycles. The van der Waals surface area contributed by atoms with E-state index in [0.29, 0.717) is 17.3 Å². The van der Waals surface area contributed by atoms with Crippen LogP contribution in [0.1, 0.15) is 15.9 Å². The normalized spacial score (nSPS) is 10.4. The molecule has 0 spiro atoms. The second-order valence-electron chi connectivity index (χ2n) is 6.67. The van der Waals surface area contributed by atoms with Gasteiger partial charge in [-0.25, -0.2) is 0 Å². The molecule has 2 aromatic carbocycles. The Labute approximate surface area is 178 Å². The monoisotopic (exact) mass is 423 g/mol. The minimum Gasteiger partial charge on any atom is -0.468 e. The summed E-state index contributed by atoms with van der Waals surface area (Å²) in [5.41, 5.74) is 2.78. The number of carbonyl (C=O) groups excluding carboxylic acids is 3. The molecule has 0 saturated carbocycles. The standard InChI is InChI=1S/C22H21N3O6/c1-14-5-4-6-17(11-14)21-24-23-20(31-21)15-7-9-16(10-8-15)22(28)25(12-18(26)29-2)13-19(27)30-3/h4-11H,12-13H2,1-3H3. The molecular formula is C22H21N3O6. The van der Waals surface area contributed by atoms with Gasteiger partial charge in [0.05, 0.1) is 14.2 Å². The van der Waals surface area contributed by atoms with Gasteiger partial charge in [0.1, 0.15) is 13.1 Å². The Morgan fingerprint density at radius 1 is 0.871 bits per heavy atom. The summed E-state index contributed by atoms with van der Waals surface area (Å²) in [6.45, 7) is 1.21. The van der Waals surface area contributed by atoms with Crippen molar-refractivity contribution in [2.45, 2.75) is 6.92 Å². The highest BCUT2D eigenvalue weighted by Crippen LogP contribution is 2.25. The molecule has 0 N–H and O–H groups in total. The van der Waals surface area contributed by atoms with Crippen LogP contribution in [-0.4, -0.2) is 60.3 Å². The molecule has 0 unspecified atom stereocenters. The van der Waals surface area contributed by atoms with E-state index in [1.54, 1.807) is 24.3 Å². The number of hydrogen-bond donors (Lipinski definition) is 0. The van der Waals surface area contributed by atoms with Crippen LogP contribution in [0.15, 0.2) is 52.9 Å². The van der Waals surface area contributed by atoms with Crippen molar-refractivity contribution >= 4 is 17.8 Å². The molecule has 1 amide bonds. The predicted octanol–water partition coefficient (Wildman–Crippen LogP) is 2.50. The molecule has 0 aliphatic carbocycles. The first kappa shape index (κ1) is 21.7. The zero-order valence-electron chi connectivity index (χ0n) is 17.3. The average Bonchev–Trinajstić information content (AvgIpc) is 3.28. The molecule has 9 nitrogen and oxygen atoms in total. The van der Waals surface area contributed by atoms with E-state index in [2.05, 4.69) is 19.7 Å². The summed E-state index contributed by atoms with van der Waals surface area (Å²) in [7, 11) is 2.40. The number of benzene rings is 2. The Kier molecular flexibility index (Phi) is 6.76. The van der Waals surface area contributed by atoms with E-state index < -0.39 is 17.8 Å². The molecule has 1 aromatic heterocycles. The van der Waals surface area contributed by atoms with Crippen molar-refractivity contribution in [1.82, 2.24) is 15.1 Å². The van der Waals surface area contributed by atoms with Crippen LogP contribution < -0.4 is 0 Å². The zero-order valence-corrected chi connectivity index (χ0v) is 17.3. The van der Waals surface area contributed by atoms with Crippen LogP contribution in [0.3, 0.4) is 0 Å². The molecule has 0 saturated heterocycles. The summed E-state index contributed by atoms with van der Waals surface area (Å²) in [6, 6.07) is 14.1. The lowest BCUT2D eigenvalue weighted by atomic mass is 10.1. The van der Waals surface area contributed by atoms with E-state index in [1.165, 1.54) is 14.2 Å². The molecule has 160 valence electrons. The van der Waals surface area contributed by atoms with Crippen molar-refractivity contribution in [3.8, 4) is 22.9 Å². The van der Waals surface area contributed by atoms with Crippen LogP contribution in [0.2, 0.25) is 0 Å². The summed E-state index contributed by atoms with van der Waals surface area (Å²) >= 11 is 0. The molecule has 3 rings (SSSR count). The van der Waals surface area contributed by atoms with Crippen LogP contribution in [0, 0.1) is 6.92 Å². The van der Waals surface area contributed by atoms with Crippen LogP contribution in [0.5, 0.6) is 0 Å². The van der Waals surface area contributed by atoms with Gasteiger partial charge >= 0.3 is 11.9 Å². The van der Waals surface area contributed by atoms with Gasteiger partial charge in [0.2, 0.25) is 11.8 Å². The molecule has 0 atom stereocenters. The largest absolute Gasteiger partial charge is 0.468 e. The van der Waals surface area contributed by atoms with Crippen molar-refractivity contribution in [1.29, 1.82) is 0 Å². The zero-order chi connectivity index (χ0) is 22.4. The molecule has 31 heavy (non-hydrogen) atoms. The number of hydrogen-bond acceptors (Lipinski definition) is 8. The number of esters is 2. The highest BCUT2D eigenvalue weighted by Gasteiger charge is 2.22. The second kappa shape index (κ2) is 9.66. The Morgan fingerprint density at radius 3 is 2.00 bits per heavy atom. The number of rotatable bonds is 7. The lowest BCUT2D eigenvalue weighted by Gasteiger charge is -2.20. The molecule has 1 heterocycles. The molecular weight excluding hydrogens is 402 g/mol. The van der Waals surface area contributed by atoms with Crippen molar-refractivity contribution in [2.24, 2.45) is 0 Å². The number of methoxy groups -OCH3 is 2. The van der Waals surface area contributed by atoms with Crippen LogP contribution >= 0.6 is 0 Å². The van der Waals surface area contributed by atoms with E-state index in [1.807, 2.05) is 31.2 Å². The Bertz CT molecular complexity index is 1070. The van der Waals surface area contributed by atoms with Gasteiger partial charge in [-0.2, -0.15) is 0 Å². The fraction of sp³-hybridized carbons (Fsp3) is 0.227. The Balaban J connectivity index is 1.79. The smallest absolute Gasteiger partial charge is 0.325 e. The number of aromatic nitrogens is 2. The third-order valence-corrected chi connectivity index (χ3v) is 4.45. The van der Waals surface area contributed by atoms with Gasteiger partial charge in [0.15, 0.2) is 0 Å². The number of amides is 1. The summed E-state index contributed by atoms with van der Waals surface area (Å²) < 4.78 is 14.9. The maximum atomic E-state index is 12.8. The van der Waals surface area contributed by atoms with E-state index in [4.69, 9.17) is 4.42 Å². The third-order valence-electron chi connectivity index (χ3n) is 4.45. The first-order valence-electron chi connectivity index (χ1n) is 9.35. The average molecular weight is 423 g/mol. The summed E-state index contributed by atoms with van der Waals surface area (Å²) in [4.78, 5) is 37.0. The lowest BCUT2D eigenvalue weighted by Crippen LogP contribution is -2.40. The summed E-state index contributed by atoms with van der Waals surface area (Å²) in [5, 5.41) is 8.15. The fourth-order valence-electron chi connectivity index (χ4n) is 2.81. The SMILES string of the molecule is COC(=O)CN(CC(=O)OC)C(=O)c1ccc(-c2nnc(-c3cccc(C)c3)o2)cc1. The number of nitrogens with zero attached hydrogens (tertiary/aromatic N) is 3. The van der Waals surface area contributed by atoms with E-state index in [9.17, 15) is 14.4 Å². The van der Waals surface area contributed by atoms with Gasteiger partial charge in [-0.3, -0.25) is 14.4 Å². The van der Waals surface area contributed by atoms with Crippen molar-refractivity contribution in [3.05, 3.63) is 59.7 Å². The van der Waals surface area contributed by atoms with Gasteiger partial charge in [0, 0.05) is 16.7 Å². The van der Waals surface area contributed by atoms with E-state index in [-0.39, 0.29) is 18.7 Å². The van der Waals surface area contributed by atoms with Gasteiger partial charge in [-0.15, -0.1) is 10.2 Å². The highest BCUT2D eigenvalue weighted by molar-refractivity contribution is 5.98. The molecule has 9 heteroatoms. The topological polar surface area (TPSA) is 112 Å². The minimum absolute atomic E-state index is 0.273. The Morgan fingerprint density at radius 2 is 1.45 bits per heavy atom. The van der Waals surface area contributed by atoms with Gasteiger partial charge in [0.25, 0.3) is 5.91 Å². The van der Waals surface area contributed by atoms with Gasteiger partial charge in [-0.05, 0) is 43.3 Å². The predicted molar refractivity (Wildman–Crippen MR) is 110 cm³/mol. The van der Waals surface area contributed by atoms with E-state index >= 15 is 0 Å². The molecule has 0 fully saturated rings. The minimum atomic E-state index is -0.650. The second-order valence-corrected chi connectivity index (χ2v) is 6.67. The van der Waals surface area contributed by atoms with Crippen molar-refractivity contribution < 1.29 is 28.3 Å². The highest BCUT2D eigenvalue weighted by atomic mass is 16.5. The van der Waals surface area contributed by atoms with Gasteiger partial charge in [-0.1, -0.05) is 17.7 Å². The number of carbonyl (C=O) groups is 3. The summed E-state index contributed by atoms with van der Waals surface area (Å²) in [5.74, 6) is -1.13. The first-order valence-corrected chi connectivity index (χ1v) is 9.35. The maximum Gasteiger partial charge on any atom is 0.325 e. The van der Waals surface area contributed by atoms with Crippen molar-refractivity contribution in [2.75, 3.05) is 27.3 Å². The maximum absolute atomic E-state index is 12.8. The molecule has 0 aliphatic rings. The molecule has 3 aromatic rings. The quantitative estimate of drug-likeness (QED) is 0.533. The van der Waals surface area contributed by atoms with E-state index in [0.717, 1.165) is 16.0 Å². The van der Waals surface area contributed by atoms with Gasteiger partial charge < -0.3 is 18.8 Å². The molecule has 0 bridgehead atoms. The summed E-state index contributed by atoms with van der Waals surface area (Å²) in [6.07, 6.45) is 0. The number of ether oxygens (including phenoxy) is 2. The third kappa shape index (κ3) is 5.33. The van der Waals surface area contributed by atoms with Crippen LogP contribution in [0.25, 0.3) is 22.9 Å². The van der Waals surface area contributed by atoms with Crippen LogP contribution in [0.4, 0.5) is 0 Å². The number of aryl methyl sites for hydroxylation is 1. The van der Waals surface area contributed by atoms with Crippen LogP contribution in [-0.2, 0) is 19.1 Å². The Hall–Kier alpha value is -4.01.